The molecule has 0 fully saturated rings. The van der Waals surface area contributed by atoms with Crippen LogP contribution in [-0.2, 0) is 4.74 Å². The van der Waals surface area contributed by atoms with Gasteiger partial charge >= 0.3 is 0 Å². The molecule has 3 aromatic rings. The van der Waals surface area contributed by atoms with E-state index in [4.69, 9.17) is 4.74 Å². The van der Waals surface area contributed by atoms with Crippen molar-refractivity contribution in [2.75, 3.05) is 26.0 Å². The van der Waals surface area contributed by atoms with Crippen molar-refractivity contribution in [1.82, 2.24) is 15.1 Å². The number of aromatic amines is 1. The molecule has 0 spiro atoms. The largest absolute Gasteiger partial charge is 0.507 e. The summed E-state index contributed by atoms with van der Waals surface area (Å²) in [6, 6.07) is 15.1. The lowest BCUT2D eigenvalue weighted by Gasteiger charge is -2.26. The first-order chi connectivity index (χ1) is 14.7. The lowest BCUT2D eigenvalue weighted by molar-refractivity contribution is 0.0710. The van der Waals surface area contributed by atoms with Crippen LogP contribution in [0.1, 0.15) is 41.0 Å². The summed E-state index contributed by atoms with van der Waals surface area (Å²) in [5.41, 5.74) is 3.56. The Hall–Kier alpha value is -2.77. The third kappa shape index (κ3) is 3.70. The molecule has 30 heavy (non-hydrogen) atoms. The van der Waals surface area contributed by atoms with Gasteiger partial charge in [0, 0.05) is 35.8 Å². The molecule has 2 N–H and O–H groups in total. The van der Waals surface area contributed by atoms with E-state index in [1.54, 1.807) is 23.9 Å². The number of nitrogens with zero attached hydrogens (tertiary/aromatic N) is 2. The molecular formula is C23H25N3O3S. The number of aromatic hydroxyl groups is 1. The minimum absolute atomic E-state index is 0.0744. The molecule has 1 atom stereocenters. The van der Waals surface area contributed by atoms with E-state index in [1.807, 2.05) is 30.2 Å². The number of carbonyl (C=O) groups excluding carboxylic acids is 1. The summed E-state index contributed by atoms with van der Waals surface area (Å²) in [5, 5.41) is 17.7. The summed E-state index contributed by atoms with van der Waals surface area (Å²) >= 11 is 1.68. The molecule has 7 heteroatoms. The van der Waals surface area contributed by atoms with Crippen molar-refractivity contribution in [2.45, 2.75) is 24.3 Å². The van der Waals surface area contributed by atoms with Gasteiger partial charge in [-0.2, -0.15) is 5.10 Å². The van der Waals surface area contributed by atoms with Crippen LogP contribution in [0.4, 0.5) is 0 Å². The first kappa shape index (κ1) is 20.5. The van der Waals surface area contributed by atoms with E-state index in [2.05, 4.69) is 34.5 Å². The van der Waals surface area contributed by atoms with Gasteiger partial charge in [0.25, 0.3) is 5.91 Å². The number of H-pyrrole nitrogens is 1. The predicted molar refractivity (Wildman–Crippen MR) is 118 cm³/mol. The number of hydrogen-bond acceptors (Lipinski definition) is 5. The molecule has 0 bridgehead atoms. The van der Waals surface area contributed by atoms with Gasteiger partial charge in [-0.3, -0.25) is 9.89 Å². The highest BCUT2D eigenvalue weighted by molar-refractivity contribution is 7.98. The molecule has 1 aliphatic heterocycles. The summed E-state index contributed by atoms with van der Waals surface area (Å²) in [4.78, 5) is 16.3. The number of ether oxygens (including phenoxy) is 1. The van der Waals surface area contributed by atoms with Crippen LogP contribution in [0.2, 0.25) is 0 Å². The van der Waals surface area contributed by atoms with E-state index in [9.17, 15) is 9.90 Å². The fourth-order valence-corrected chi connectivity index (χ4v) is 4.33. The molecule has 0 radical (unpaired) electrons. The number of benzene rings is 2. The Morgan fingerprint density at radius 2 is 1.97 bits per heavy atom. The number of carbonyl (C=O) groups is 1. The third-order valence-corrected chi connectivity index (χ3v) is 6.09. The zero-order chi connectivity index (χ0) is 21.1. The second kappa shape index (κ2) is 8.93. The number of fused-ring (bicyclic) bond motifs is 1. The Morgan fingerprint density at radius 1 is 1.20 bits per heavy atom. The van der Waals surface area contributed by atoms with E-state index in [0.29, 0.717) is 36.7 Å². The van der Waals surface area contributed by atoms with Crippen LogP contribution in [0.25, 0.3) is 11.3 Å². The van der Waals surface area contributed by atoms with Gasteiger partial charge in [-0.1, -0.05) is 24.3 Å². The van der Waals surface area contributed by atoms with Gasteiger partial charge in [-0.25, -0.2) is 0 Å². The maximum Gasteiger partial charge on any atom is 0.273 e. The first-order valence-corrected chi connectivity index (χ1v) is 11.3. The quantitative estimate of drug-likeness (QED) is 0.413. The normalized spacial score (nSPS) is 15.6. The minimum atomic E-state index is -0.265. The van der Waals surface area contributed by atoms with Crippen LogP contribution in [0.5, 0.6) is 5.75 Å². The number of thioether (sulfide) groups is 1. The maximum atomic E-state index is 13.2. The van der Waals surface area contributed by atoms with Crippen LogP contribution in [0, 0.1) is 0 Å². The Balaban J connectivity index is 1.77. The van der Waals surface area contributed by atoms with Crippen molar-refractivity contribution in [3.63, 3.8) is 0 Å². The fraction of sp³-hybridized carbons (Fsp3) is 0.304. The van der Waals surface area contributed by atoms with Gasteiger partial charge in [0.15, 0.2) is 0 Å². The van der Waals surface area contributed by atoms with Crippen molar-refractivity contribution in [2.24, 2.45) is 0 Å². The minimum Gasteiger partial charge on any atom is -0.507 e. The molecule has 1 aromatic heterocycles. The molecule has 4 rings (SSSR count). The highest BCUT2D eigenvalue weighted by Crippen LogP contribution is 2.44. The number of phenols is 1. The lowest BCUT2D eigenvalue weighted by atomic mass is 9.95. The number of aromatic nitrogens is 2. The molecule has 1 amide bonds. The molecular weight excluding hydrogens is 398 g/mol. The number of para-hydroxylation sites is 1. The first-order valence-electron chi connectivity index (χ1n) is 10.0. The molecule has 1 aliphatic rings. The molecule has 0 saturated carbocycles. The van der Waals surface area contributed by atoms with Gasteiger partial charge in [0.2, 0.25) is 0 Å². The van der Waals surface area contributed by atoms with Crippen LogP contribution in [0.15, 0.2) is 53.4 Å². The highest BCUT2D eigenvalue weighted by atomic mass is 32.2. The van der Waals surface area contributed by atoms with E-state index in [-0.39, 0.29) is 17.7 Å². The van der Waals surface area contributed by atoms with Crippen LogP contribution >= 0.6 is 11.8 Å². The molecule has 0 aliphatic carbocycles. The summed E-state index contributed by atoms with van der Waals surface area (Å²) < 4.78 is 5.47. The zero-order valence-electron chi connectivity index (χ0n) is 17.1. The zero-order valence-corrected chi connectivity index (χ0v) is 17.9. The maximum absolute atomic E-state index is 13.2. The lowest BCUT2D eigenvalue weighted by Crippen LogP contribution is -2.31. The molecule has 0 unspecified atom stereocenters. The van der Waals surface area contributed by atoms with Crippen molar-refractivity contribution in [3.05, 3.63) is 65.4 Å². The summed E-state index contributed by atoms with van der Waals surface area (Å²) in [5.74, 6) is 0.0696. The molecule has 2 heterocycles. The predicted octanol–water partition coefficient (Wildman–Crippen LogP) is 4.48. The average molecular weight is 424 g/mol. The van der Waals surface area contributed by atoms with Crippen molar-refractivity contribution >= 4 is 17.7 Å². The number of amides is 1. The van der Waals surface area contributed by atoms with E-state index in [0.717, 1.165) is 17.5 Å². The van der Waals surface area contributed by atoms with Gasteiger partial charge in [-0.05, 0) is 49.4 Å². The number of hydrogen-bond donors (Lipinski definition) is 2. The van der Waals surface area contributed by atoms with Gasteiger partial charge in [0.05, 0.1) is 6.04 Å². The van der Waals surface area contributed by atoms with Crippen LogP contribution < -0.4 is 0 Å². The van der Waals surface area contributed by atoms with Gasteiger partial charge < -0.3 is 14.7 Å². The summed E-state index contributed by atoms with van der Waals surface area (Å²) in [6.07, 6.45) is 2.79. The topological polar surface area (TPSA) is 78.5 Å². The second-order valence-electron chi connectivity index (χ2n) is 7.10. The Kier molecular flexibility index (Phi) is 6.11. The molecule has 6 nitrogen and oxygen atoms in total. The molecule has 0 saturated heterocycles. The summed E-state index contributed by atoms with van der Waals surface area (Å²) in [6.45, 7) is 3.81. The molecule has 2 aromatic carbocycles. The summed E-state index contributed by atoms with van der Waals surface area (Å²) in [7, 11) is 0. The molecule has 156 valence electrons. The number of phenolic OH excluding ortho intramolecular Hbond substituents is 1. The van der Waals surface area contributed by atoms with Crippen molar-refractivity contribution in [3.8, 4) is 17.0 Å². The van der Waals surface area contributed by atoms with Crippen LogP contribution in [-0.4, -0.2) is 52.1 Å². The second-order valence-corrected chi connectivity index (χ2v) is 7.98. The Labute approximate surface area is 180 Å². The van der Waals surface area contributed by atoms with E-state index < -0.39 is 0 Å². The Morgan fingerprint density at radius 3 is 2.67 bits per heavy atom. The third-order valence-electron chi connectivity index (χ3n) is 5.35. The van der Waals surface area contributed by atoms with Gasteiger partial charge in [-0.15, -0.1) is 11.8 Å². The van der Waals surface area contributed by atoms with Gasteiger partial charge in [0.1, 0.15) is 17.1 Å². The smallest absolute Gasteiger partial charge is 0.273 e. The van der Waals surface area contributed by atoms with E-state index >= 15 is 0 Å². The number of nitrogens with one attached hydrogen (secondary N) is 1. The Bertz CT molecular complexity index is 1030. The standard InChI is InChI=1S/C23H25N3O3S/c1-3-29-14-6-13-26-22(15-9-11-16(30-2)12-10-15)19-20(24-25-21(19)23(26)28)17-7-4-5-8-18(17)27/h4-5,7-12,22,27H,3,6,13-14H2,1-2H3,(H,24,25)/t22-/m1/s1. The SMILES string of the molecule is CCOCCCN1C(=O)c2[nH]nc(-c3ccccc3O)c2[C@H]1c1ccc(SC)cc1. The number of rotatable bonds is 8. The monoisotopic (exact) mass is 423 g/mol. The van der Waals surface area contributed by atoms with E-state index in [1.165, 1.54) is 4.90 Å². The van der Waals surface area contributed by atoms with Crippen molar-refractivity contribution < 1.29 is 14.6 Å². The average Bonchev–Trinajstić information content (AvgIpc) is 3.31. The van der Waals surface area contributed by atoms with Crippen molar-refractivity contribution in [1.29, 1.82) is 0 Å². The fourth-order valence-electron chi connectivity index (χ4n) is 3.92. The van der Waals surface area contributed by atoms with Crippen LogP contribution in [0.3, 0.4) is 0 Å². The highest BCUT2D eigenvalue weighted by Gasteiger charge is 2.42.